The molecule has 0 saturated carbocycles. The van der Waals surface area contributed by atoms with E-state index in [0.29, 0.717) is 87.9 Å². The van der Waals surface area contributed by atoms with E-state index in [1.807, 2.05) is 109 Å². The molecule has 404 valence electrons. The highest BCUT2D eigenvalue weighted by Crippen LogP contribution is 2.50. The van der Waals surface area contributed by atoms with Gasteiger partial charge in [0.25, 0.3) is 0 Å². The summed E-state index contributed by atoms with van der Waals surface area (Å²) >= 11 is 9.91. The zero-order valence-electron chi connectivity index (χ0n) is 42.0. The minimum Gasteiger partial charge on any atom is -0.483 e. The van der Waals surface area contributed by atoms with Gasteiger partial charge in [-0.2, -0.15) is 10.5 Å². The molecule has 0 amide bonds. The minimum absolute atomic E-state index is 0.0137. The van der Waals surface area contributed by atoms with Gasteiger partial charge in [-0.25, -0.2) is 30.2 Å². The number of Topliss-reactive ketones (excluding diaryl/α,β-unsaturated/α-hetero) is 1. The van der Waals surface area contributed by atoms with Crippen molar-refractivity contribution in [3.63, 3.8) is 0 Å². The van der Waals surface area contributed by atoms with E-state index in [1.165, 1.54) is 29.6 Å². The Kier molecular flexibility index (Phi) is 19.7. The number of sulfonamides is 2. The van der Waals surface area contributed by atoms with E-state index in [4.69, 9.17) is 14.2 Å². The molecule has 2 fully saturated rings. The second kappa shape index (κ2) is 26.5. The number of ether oxygens (including phenoxy) is 3. The predicted molar refractivity (Wildman–Crippen MR) is 306 cm³/mol. The summed E-state index contributed by atoms with van der Waals surface area (Å²) < 4.78 is 72.4. The number of halogens is 2. The largest absolute Gasteiger partial charge is 0.483 e. The Bertz CT molecular complexity index is 3400. The molecular formula is C53H55Br2N9O9S4. The molecule has 77 heavy (non-hydrogen) atoms. The van der Waals surface area contributed by atoms with Crippen molar-refractivity contribution in [1.82, 2.24) is 29.2 Å². The lowest BCUT2D eigenvalue weighted by Gasteiger charge is -2.32. The van der Waals surface area contributed by atoms with E-state index < -0.39 is 26.0 Å². The third-order valence-electron chi connectivity index (χ3n) is 12.4. The van der Waals surface area contributed by atoms with Crippen molar-refractivity contribution in [1.29, 1.82) is 5.26 Å². The van der Waals surface area contributed by atoms with E-state index in [9.17, 15) is 31.7 Å². The molecule has 9 rings (SSSR count). The number of thiophene rings is 2. The monoisotopic (exact) mass is 1250 g/mol. The van der Waals surface area contributed by atoms with Crippen LogP contribution in [0, 0.1) is 11.3 Å². The van der Waals surface area contributed by atoms with Gasteiger partial charge in [-0.15, -0.1) is 32.9 Å². The van der Waals surface area contributed by atoms with Crippen molar-refractivity contribution < 1.29 is 40.6 Å². The minimum atomic E-state index is -3.36. The molecule has 0 aliphatic carbocycles. The van der Waals surface area contributed by atoms with Crippen LogP contribution in [0.25, 0.3) is 31.6 Å². The summed E-state index contributed by atoms with van der Waals surface area (Å²) in [5.41, 5.74) is 5.26. The molecule has 0 radical (unpaired) electrons. The van der Waals surface area contributed by atoms with Gasteiger partial charge in [-0.1, -0.05) is 84.9 Å². The number of tetrazole rings is 1. The number of rotatable bonds is 20. The van der Waals surface area contributed by atoms with Crippen LogP contribution >= 0.6 is 54.5 Å². The van der Waals surface area contributed by atoms with Crippen LogP contribution in [0.4, 0.5) is 11.4 Å². The van der Waals surface area contributed by atoms with Crippen LogP contribution in [-0.4, -0.2) is 116 Å². The number of hydrogen-bond donors (Lipinski definition) is 3. The highest BCUT2D eigenvalue weighted by Gasteiger charge is 2.31. The van der Waals surface area contributed by atoms with E-state index in [2.05, 4.69) is 69.2 Å². The number of carbonyl (C=O) groups is 2. The highest BCUT2D eigenvalue weighted by molar-refractivity contribution is 9.11. The summed E-state index contributed by atoms with van der Waals surface area (Å²) in [7, 11) is -6.72. The predicted octanol–water partition coefficient (Wildman–Crippen LogP) is 10.1. The number of benzene rings is 4. The average Bonchev–Trinajstić information content (AvgIpc) is 4.17. The normalized spacial score (nSPS) is 14.7. The molecule has 24 heteroatoms. The third kappa shape index (κ3) is 15.2. The van der Waals surface area contributed by atoms with Crippen LogP contribution in [-0.2, 0) is 45.9 Å². The maximum atomic E-state index is 12.9. The van der Waals surface area contributed by atoms with Gasteiger partial charge in [-0.05, 0) is 123 Å². The van der Waals surface area contributed by atoms with Crippen LogP contribution in [0.15, 0.2) is 118 Å². The summed E-state index contributed by atoms with van der Waals surface area (Å²) in [6.45, 7) is 4.99. The van der Waals surface area contributed by atoms with Crippen molar-refractivity contribution >= 4 is 97.7 Å². The molecule has 0 spiro atoms. The quantitative estimate of drug-likeness (QED) is 0.0602. The van der Waals surface area contributed by atoms with Gasteiger partial charge in [-0.3, -0.25) is 4.79 Å². The topological polar surface area (TPSA) is 239 Å². The number of esters is 1. The zero-order valence-corrected chi connectivity index (χ0v) is 48.4. The van der Waals surface area contributed by atoms with Crippen molar-refractivity contribution in [3.8, 4) is 49.2 Å². The van der Waals surface area contributed by atoms with Gasteiger partial charge in [0, 0.05) is 49.6 Å². The Balaban J connectivity index is 0.000000204. The van der Waals surface area contributed by atoms with Gasteiger partial charge in [0.15, 0.2) is 23.9 Å². The number of anilines is 2. The first-order chi connectivity index (χ1) is 37.1. The van der Waals surface area contributed by atoms with Crippen LogP contribution in [0.1, 0.15) is 55.5 Å². The van der Waals surface area contributed by atoms with Crippen LogP contribution < -0.4 is 20.1 Å². The van der Waals surface area contributed by atoms with E-state index in [0.717, 1.165) is 43.4 Å². The van der Waals surface area contributed by atoms with Crippen LogP contribution in [0.5, 0.6) is 11.5 Å². The van der Waals surface area contributed by atoms with Crippen LogP contribution in [0.2, 0.25) is 0 Å². The maximum Gasteiger partial charge on any atom is 0.344 e. The third-order valence-corrected chi connectivity index (χ3v) is 20.5. The second-order valence-electron chi connectivity index (χ2n) is 18.0. The molecule has 0 unspecified atom stereocenters. The number of ketones is 1. The lowest BCUT2D eigenvalue weighted by molar-refractivity contribution is -0.145. The standard InChI is InChI=1S/C27H28BrN3O5S2.C26H27BrN6O4S2/c1-2-35-24(32)17-36-26-23(16-29)37-27(25(26)28)20-9-6-10-22(15-20)30-21-11-13-31(14-12-21)38(33,34)18-19-7-4-3-5-8-19;1-17(34)15-37-23-22(27)24(38-25(23)26-29-31-32-30-26)19-8-5-9-21(14-19)28-20-10-12-33(13-11-20)39(35,36)16-18-6-3-2-4-7-18/h3-10,15,21,30H,2,11-14,17-18H2,1H3;2-9,14,20,28H,10-13,15-16H2,1H3,(H,29,30,31,32). The Morgan fingerprint density at radius 1 is 0.701 bits per heavy atom. The van der Waals surface area contributed by atoms with Crippen LogP contribution in [0.3, 0.4) is 0 Å². The molecule has 3 N–H and O–H groups in total. The maximum absolute atomic E-state index is 12.9. The Hall–Kier alpha value is -6.04. The molecule has 3 aromatic heterocycles. The molecule has 4 aromatic carbocycles. The molecule has 7 aromatic rings. The highest BCUT2D eigenvalue weighted by atomic mass is 79.9. The second-order valence-corrected chi connectivity index (χ2v) is 25.6. The molecule has 5 heterocycles. The number of carbonyl (C=O) groups excluding carboxylic acids is 2. The zero-order chi connectivity index (χ0) is 54.5. The summed E-state index contributed by atoms with van der Waals surface area (Å²) in [5, 5.41) is 31.0. The first-order valence-corrected chi connectivity index (χ1v) is 31.0. The molecule has 18 nitrogen and oxygen atoms in total. The number of aromatic nitrogens is 4. The van der Waals surface area contributed by atoms with Gasteiger partial charge < -0.3 is 24.8 Å². The fraction of sp³-hybridized carbons (Fsp3) is 0.321. The van der Waals surface area contributed by atoms with E-state index >= 15 is 0 Å². The van der Waals surface area contributed by atoms with Gasteiger partial charge in [0.2, 0.25) is 25.9 Å². The van der Waals surface area contributed by atoms with Crippen molar-refractivity contribution in [2.45, 2.75) is 63.1 Å². The molecule has 2 saturated heterocycles. The first-order valence-electron chi connectivity index (χ1n) is 24.6. The Labute approximate surface area is 472 Å². The molecular weight excluding hydrogens is 1190 g/mol. The number of H-pyrrole nitrogens is 1. The van der Waals surface area contributed by atoms with E-state index in [1.54, 1.807) is 15.5 Å². The number of nitrogens with zero attached hydrogens (tertiary/aromatic N) is 6. The fourth-order valence-corrected chi connectivity index (χ4v) is 15.6. The fourth-order valence-electron chi connectivity index (χ4n) is 8.69. The van der Waals surface area contributed by atoms with Gasteiger partial charge in [0.05, 0.1) is 36.8 Å². The summed E-state index contributed by atoms with van der Waals surface area (Å²) in [4.78, 5) is 26.0. The molecule has 2 aliphatic heterocycles. The van der Waals surface area contributed by atoms with Crippen molar-refractivity contribution in [3.05, 3.63) is 134 Å². The van der Waals surface area contributed by atoms with E-state index in [-0.39, 0.29) is 49.2 Å². The number of nitrogens with one attached hydrogen (secondary N) is 3. The lowest BCUT2D eigenvalue weighted by Crippen LogP contribution is -2.42. The van der Waals surface area contributed by atoms with Gasteiger partial charge >= 0.3 is 5.97 Å². The number of hydrogen-bond acceptors (Lipinski definition) is 17. The number of aromatic amines is 1. The van der Waals surface area contributed by atoms with Gasteiger partial charge in [0.1, 0.15) is 22.4 Å². The molecule has 0 atom stereocenters. The Morgan fingerprint density at radius 2 is 1.19 bits per heavy atom. The van der Waals surface area contributed by atoms with Crippen molar-refractivity contribution in [2.24, 2.45) is 0 Å². The number of nitriles is 1. The van der Waals surface area contributed by atoms with Crippen molar-refractivity contribution in [2.75, 3.05) is 56.6 Å². The smallest absolute Gasteiger partial charge is 0.344 e. The Morgan fingerprint density at radius 3 is 1.66 bits per heavy atom. The summed E-state index contributed by atoms with van der Waals surface area (Å²) in [6, 6.07) is 36.8. The SMILES string of the molecule is CC(=O)COc1c(-c2nn[nH]n2)sc(-c2cccc(NC3CCN(S(=O)(=O)Cc4ccccc4)CC3)c2)c1Br.CCOC(=O)COc1c(C#N)sc(-c2cccc(NC3CCN(S(=O)(=O)Cc4ccccc4)CC3)c2)c1Br. The number of piperidine rings is 2. The molecule has 0 bridgehead atoms. The molecule has 2 aliphatic rings. The average molecular weight is 1250 g/mol. The lowest BCUT2D eigenvalue weighted by atomic mass is 10.1. The first kappa shape index (κ1) is 57.1. The summed E-state index contributed by atoms with van der Waals surface area (Å²) in [6.07, 6.45) is 2.83. The summed E-state index contributed by atoms with van der Waals surface area (Å²) in [5.74, 6) is 0.638.